The van der Waals surface area contributed by atoms with E-state index in [0.717, 1.165) is 57.4 Å². The maximum Gasteiger partial charge on any atom is 0.416 e. The molecule has 1 spiro atoms. The van der Waals surface area contributed by atoms with Crippen molar-refractivity contribution in [3.63, 3.8) is 0 Å². The van der Waals surface area contributed by atoms with E-state index >= 15 is 0 Å². The Bertz CT molecular complexity index is 1260. The third-order valence-electron chi connectivity index (χ3n) is 9.17. The second-order valence-electron chi connectivity index (χ2n) is 11.6. The highest BCUT2D eigenvalue weighted by molar-refractivity contribution is 8.01. The Labute approximate surface area is 232 Å². The van der Waals surface area contributed by atoms with E-state index in [1.807, 2.05) is 11.8 Å². The summed E-state index contributed by atoms with van der Waals surface area (Å²) in [7, 11) is 0. The topological polar surface area (TPSA) is 36.5 Å². The van der Waals surface area contributed by atoms with Gasteiger partial charge in [0.25, 0.3) is 0 Å². The van der Waals surface area contributed by atoms with Gasteiger partial charge in [0.05, 0.1) is 22.6 Å². The lowest BCUT2D eigenvalue weighted by molar-refractivity contribution is -0.138. The minimum atomic E-state index is -4.37. The Morgan fingerprint density at radius 3 is 2.64 bits per heavy atom. The summed E-state index contributed by atoms with van der Waals surface area (Å²) in [6, 6.07) is 12.8. The van der Waals surface area contributed by atoms with Crippen LogP contribution in [0.5, 0.6) is 0 Å². The standard InChI is InChI=1S/C31H34F3N3OS/c32-31(33,34)21-10-13-25-24(18-21)29-23(28(35-25)20-6-2-1-3-7-20)12-11-22(38-29)19-37-16-14-30(15-17-37)36-26-8-4-5-9-27(26)39-30/h1-6,8-10,13,18,20,22-23,28-29,35-36H,7,11-12,14-17,19H2/t20?,22-,23+,28+,29+/m1/s1. The number of fused-ring (bicyclic) bond motifs is 4. The number of halogens is 3. The number of likely N-dealkylation sites (tertiary alicyclic amines) is 1. The number of piperidine rings is 1. The average Bonchev–Trinajstić information content (AvgIpc) is 3.31. The fourth-order valence-corrected chi connectivity index (χ4v) is 8.49. The molecule has 4 nitrogen and oxygen atoms in total. The highest BCUT2D eigenvalue weighted by Crippen LogP contribution is 2.51. The Balaban J connectivity index is 1.07. The second kappa shape index (κ2) is 9.89. The number of hydrogen-bond donors (Lipinski definition) is 2. The molecule has 2 N–H and O–H groups in total. The molecule has 2 aromatic carbocycles. The maximum absolute atomic E-state index is 13.7. The van der Waals surface area contributed by atoms with E-state index in [2.05, 4.69) is 64.1 Å². The molecule has 0 bridgehead atoms. The van der Waals surface area contributed by atoms with E-state index in [0.29, 0.717) is 11.5 Å². The van der Waals surface area contributed by atoms with Gasteiger partial charge in [-0.1, -0.05) is 48.2 Å². The van der Waals surface area contributed by atoms with Crippen molar-refractivity contribution in [2.75, 3.05) is 30.3 Å². The number of allylic oxidation sites excluding steroid dienone is 3. The van der Waals surface area contributed by atoms with Crippen LogP contribution in [0.15, 0.2) is 71.7 Å². The molecule has 4 heterocycles. The van der Waals surface area contributed by atoms with Gasteiger partial charge in [0.1, 0.15) is 0 Å². The molecule has 2 saturated heterocycles. The number of nitrogens with zero attached hydrogens (tertiary/aromatic N) is 1. The van der Waals surface area contributed by atoms with Crippen molar-refractivity contribution < 1.29 is 17.9 Å². The van der Waals surface area contributed by atoms with Gasteiger partial charge in [-0.05, 0) is 62.4 Å². The molecular weight excluding hydrogens is 519 g/mol. The van der Waals surface area contributed by atoms with E-state index in [-0.39, 0.29) is 29.0 Å². The van der Waals surface area contributed by atoms with Crippen molar-refractivity contribution in [3.05, 3.63) is 77.9 Å². The zero-order valence-corrected chi connectivity index (χ0v) is 22.6. The van der Waals surface area contributed by atoms with E-state index in [9.17, 15) is 13.2 Å². The van der Waals surface area contributed by atoms with Crippen molar-refractivity contribution in [3.8, 4) is 0 Å². The van der Waals surface area contributed by atoms with Crippen LogP contribution >= 0.6 is 11.8 Å². The highest BCUT2D eigenvalue weighted by atomic mass is 32.2. The molecule has 206 valence electrons. The molecule has 5 aliphatic rings. The average molecular weight is 554 g/mol. The largest absolute Gasteiger partial charge is 0.416 e. The Kier molecular flexibility index (Phi) is 6.48. The number of thioether (sulfide) groups is 1. The number of nitrogens with one attached hydrogen (secondary N) is 2. The Morgan fingerprint density at radius 1 is 1.03 bits per heavy atom. The second-order valence-corrected chi connectivity index (χ2v) is 13.0. The number of hydrogen-bond acceptors (Lipinski definition) is 5. The van der Waals surface area contributed by atoms with Crippen LogP contribution in [0.4, 0.5) is 24.5 Å². The van der Waals surface area contributed by atoms with E-state index in [1.165, 1.54) is 22.7 Å². The van der Waals surface area contributed by atoms with Crippen LogP contribution < -0.4 is 10.6 Å². The summed E-state index contributed by atoms with van der Waals surface area (Å²) in [5, 5.41) is 7.40. The van der Waals surface area contributed by atoms with Crippen molar-refractivity contribution >= 4 is 23.1 Å². The summed E-state index contributed by atoms with van der Waals surface area (Å²) < 4.78 is 47.7. The predicted molar refractivity (Wildman–Crippen MR) is 150 cm³/mol. The van der Waals surface area contributed by atoms with Gasteiger partial charge in [0.15, 0.2) is 0 Å². The zero-order chi connectivity index (χ0) is 26.6. The highest BCUT2D eigenvalue weighted by Gasteiger charge is 2.46. The lowest BCUT2D eigenvalue weighted by atomic mass is 9.73. The van der Waals surface area contributed by atoms with Crippen LogP contribution in [0.1, 0.15) is 49.3 Å². The summed E-state index contributed by atoms with van der Waals surface area (Å²) in [4.78, 5) is 3.88. The molecule has 0 radical (unpaired) electrons. The van der Waals surface area contributed by atoms with Gasteiger partial charge in [-0.25, -0.2) is 0 Å². The zero-order valence-electron chi connectivity index (χ0n) is 21.8. The SMILES string of the molecule is FC(F)(F)c1ccc2c(c1)[C@H]1O[C@@H](CN3CCC4(CC3)Nc3ccccc3S4)CC[C@H]1[C@H](C1C=CC=CC1)N2. The Morgan fingerprint density at radius 2 is 1.87 bits per heavy atom. The van der Waals surface area contributed by atoms with E-state index in [1.54, 1.807) is 6.07 Å². The number of para-hydroxylation sites is 1. The molecule has 4 aliphatic heterocycles. The fourth-order valence-electron chi connectivity index (χ4n) is 7.15. The van der Waals surface area contributed by atoms with Crippen LogP contribution in [0, 0.1) is 11.8 Å². The molecule has 0 saturated carbocycles. The molecule has 2 aromatic rings. The molecule has 39 heavy (non-hydrogen) atoms. The first-order chi connectivity index (χ1) is 18.9. The molecule has 5 atom stereocenters. The van der Waals surface area contributed by atoms with E-state index in [4.69, 9.17) is 4.74 Å². The first kappa shape index (κ1) is 25.5. The molecule has 7 rings (SSSR count). The van der Waals surface area contributed by atoms with Gasteiger partial charge in [-0.3, -0.25) is 0 Å². The van der Waals surface area contributed by atoms with Gasteiger partial charge < -0.3 is 20.3 Å². The van der Waals surface area contributed by atoms with Gasteiger partial charge in [0, 0.05) is 59.3 Å². The number of anilines is 2. The van der Waals surface area contributed by atoms with Crippen molar-refractivity contribution in [1.29, 1.82) is 0 Å². The van der Waals surface area contributed by atoms with Crippen LogP contribution in [0.2, 0.25) is 0 Å². The Hall–Kier alpha value is -2.42. The number of rotatable bonds is 3. The number of alkyl halides is 3. The first-order valence-electron chi connectivity index (χ1n) is 14.1. The third-order valence-corrected chi connectivity index (χ3v) is 10.7. The molecule has 1 aliphatic carbocycles. The fraction of sp³-hybridized carbons (Fsp3) is 0.484. The van der Waals surface area contributed by atoms with Crippen LogP contribution in [-0.2, 0) is 10.9 Å². The van der Waals surface area contributed by atoms with Gasteiger partial charge in [-0.2, -0.15) is 13.2 Å². The summed E-state index contributed by atoms with van der Waals surface area (Å²) >= 11 is 1.95. The molecule has 8 heteroatoms. The number of ether oxygens (including phenoxy) is 1. The normalized spacial score (nSPS) is 31.2. The van der Waals surface area contributed by atoms with Crippen LogP contribution in [-0.4, -0.2) is 41.6 Å². The smallest absolute Gasteiger partial charge is 0.381 e. The molecule has 2 fully saturated rings. The number of benzene rings is 2. The van der Waals surface area contributed by atoms with Gasteiger partial charge >= 0.3 is 6.18 Å². The molecule has 0 aromatic heterocycles. The summed E-state index contributed by atoms with van der Waals surface area (Å²) in [6.07, 6.45) is 8.78. The lowest BCUT2D eigenvalue weighted by Gasteiger charge is -2.48. The molecule has 0 amide bonds. The minimum Gasteiger partial charge on any atom is -0.381 e. The summed E-state index contributed by atoms with van der Waals surface area (Å²) in [5.74, 6) is 0.442. The quantitative estimate of drug-likeness (QED) is 0.412. The van der Waals surface area contributed by atoms with Gasteiger partial charge in [-0.15, -0.1) is 0 Å². The predicted octanol–water partition coefficient (Wildman–Crippen LogP) is 7.48. The van der Waals surface area contributed by atoms with E-state index < -0.39 is 11.7 Å². The minimum absolute atomic E-state index is 0.0182. The molecule has 1 unspecified atom stereocenters. The van der Waals surface area contributed by atoms with Crippen molar-refractivity contribution in [2.24, 2.45) is 11.8 Å². The van der Waals surface area contributed by atoms with Crippen molar-refractivity contribution in [2.45, 2.75) is 66.3 Å². The lowest BCUT2D eigenvalue weighted by Crippen LogP contribution is -2.51. The van der Waals surface area contributed by atoms with Crippen LogP contribution in [0.25, 0.3) is 0 Å². The van der Waals surface area contributed by atoms with Crippen molar-refractivity contribution in [1.82, 2.24) is 4.90 Å². The van der Waals surface area contributed by atoms with Gasteiger partial charge in [0.2, 0.25) is 0 Å². The monoisotopic (exact) mass is 553 g/mol. The summed E-state index contributed by atoms with van der Waals surface area (Å²) in [5.41, 5.74) is 2.07. The maximum atomic E-state index is 13.7. The first-order valence-corrected chi connectivity index (χ1v) is 14.9. The van der Waals surface area contributed by atoms with Crippen LogP contribution in [0.3, 0.4) is 0 Å². The molecular formula is C31H34F3N3OS. The summed E-state index contributed by atoms with van der Waals surface area (Å²) in [6.45, 7) is 2.80. The third kappa shape index (κ3) is 4.89.